The van der Waals surface area contributed by atoms with Gasteiger partial charge in [0.25, 0.3) is 5.91 Å². The number of ether oxygens (including phenoxy) is 1. The molecule has 0 bridgehead atoms. The van der Waals surface area contributed by atoms with Gasteiger partial charge in [-0.25, -0.2) is 9.97 Å². The van der Waals surface area contributed by atoms with Crippen molar-refractivity contribution in [1.82, 2.24) is 20.2 Å². The number of carbonyl (C=O) groups is 1. The summed E-state index contributed by atoms with van der Waals surface area (Å²) in [6.07, 6.45) is 4.09. The Hall–Kier alpha value is -3.49. The van der Waals surface area contributed by atoms with Gasteiger partial charge in [0.1, 0.15) is 11.4 Å². The fourth-order valence-electron chi connectivity index (χ4n) is 3.80. The molecule has 164 valence electrons. The van der Waals surface area contributed by atoms with Crippen LogP contribution in [0.1, 0.15) is 16.8 Å². The molecule has 8 nitrogen and oxygen atoms in total. The number of fused-ring (bicyclic) bond motifs is 1. The number of rotatable bonds is 7. The summed E-state index contributed by atoms with van der Waals surface area (Å²) in [5.41, 5.74) is 3.01. The predicted molar refractivity (Wildman–Crippen MR) is 119 cm³/mol. The van der Waals surface area contributed by atoms with Crippen molar-refractivity contribution in [2.45, 2.75) is 6.42 Å². The summed E-state index contributed by atoms with van der Waals surface area (Å²) in [6.45, 7) is 5.05. The van der Waals surface area contributed by atoms with E-state index in [0.717, 1.165) is 39.3 Å². The molecule has 0 atom stereocenters. The van der Waals surface area contributed by atoms with E-state index in [1.807, 2.05) is 18.2 Å². The molecule has 1 aliphatic rings. The Morgan fingerprint density at radius 2 is 1.62 bits per heavy atom. The number of aromatic nitrogens is 2. The third-order valence-corrected chi connectivity index (χ3v) is 5.48. The van der Waals surface area contributed by atoms with Crippen LogP contribution < -0.4 is 5.32 Å². The monoisotopic (exact) mass is 432 g/mol. The zero-order chi connectivity index (χ0) is 21.8. The molecule has 1 saturated heterocycles. The van der Waals surface area contributed by atoms with Gasteiger partial charge < -0.3 is 18.9 Å². The molecule has 0 radical (unpaired) electrons. The van der Waals surface area contributed by atoms with Gasteiger partial charge in [0.2, 0.25) is 0 Å². The summed E-state index contributed by atoms with van der Waals surface area (Å²) >= 11 is 0. The van der Waals surface area contributed by atoms with E-state index in [1.165, 1.54) is 0 Å². The maximum absolute atomic E-state index is 12.7. The molecule has 4 aromatic rings. The Bertz CT molecular complexity index is 1180. The number of furan rings is 2. The second-order valence-electron chi connectivity index (χ2n) is 7.64. The molecule has 1 amide bonds. The lowest BCUT2D eigenvalue weighted by molar-refractivity contribution is 0.0374. The summed E-state index contributed by atoms with van der Waals surface area (Å²) in [5, 5.41) is 3.00. The summed E-state index contributed by atoms with van der Waals surface area (Å²) < 4.78 is 16.5. The average Bonchev–Trinajstić information content (AvgIpc) is 3.56. The number of carbonyl (C=O) groups excluding carboxylic acids is 1. The average molecular weight is 432 g/mol. The molecule has 0 spiro atoms. The van der Waals surface area contributed by atoms with Crippen LogP contribution in [0.2, 0.25) is 0 Å². The van der Waals surface area contributed by atoms with Crippen molar-refractivity contribution >= 4 is 16.9 Å². The topological polar surface area (TPSA) is 93.6 Å². The highest BCUT2D eigenvalue weighted by atomic mass is 16.5. The van der Waals surface area contributed by atoms with Crippen molar-refractivity contribution in [3.8, 4) is 22.9 Å². The number of nitrogens with one attached hydrogen (secondary N) is 1. The number of amides is 1. The van der Waals surface area contributed by atoms with E-state index in [0.29, 0.717) is 46.0 Å². The lowest BCUT2D eigenvalue weighted by Crippen LogP contribution is -2.38. The minimum Gasteiger partial charge on any atom is -0.463 e. The largest absolute Gasteiger partial charge is 0.463 e. The minimum atomic E-state index is -0.120. The standard InChI is InChI=1S/C24H24N4O4/c29-24(25-8-3-9-28-10-14-30-15-11-28)17-6-7-18-19(16-17)27-23(21-5-2-13-32-21)22(26-18)20-4-1-12-31-20/h1-2,4-7,12-13,16H,3,8-11,14-15H2,(H,25,29). The van der Waals surface area contributed by atoms with E-state index < -0.39 is 0 Å². The summed E-state index contributed by atoms with van der Waals surface area (Å²) in [6, 6.07) is 12.6. The first kappa shape index (κ1) is 20.4. The lowest BCUT2D eigenvalue weighted by atomic mass is 10.1. The van der Waals surface area contributed by atoms with E-state index >= 15 is 0 Å². The molecule has 1 fully saturated rings. The number of hydrogen-bond donors (Lipinski definition) is 1. The van der Waals surface area contributed by atoms with Gasteiger partial charge in [-0.1, -0.05) is 0 Å². The summed E-state index contributed by atoms with van der Waals surface area (Å²) in [7, 11) is 0. The van der Waals surface area contributed by atoms with Gasteiger partial charge in [0.05, 0.1) is 36.8 Å². The zero-order valence-corrected chi connectivity index (χ0v) is 17.6. The molecule has 0 unspecified atom stereocenters. The van der Waals surface area contributed by atoms with E-state index in [2.05, 4.69) is 10.2 Å². The maximum atomic E-state index is 12.7. The van der Waals surface area contributed by atoms with Crippen LogP contribution >= 0.6 is 0 Å². The fraction of sp³-hybridized carbons (Fsp3) is 0.292. The van der Waals surface area contributed by atoms with Crippen molar-refractivity contribution in [2.24, 2.45) is 0 Å². The Kier molecular flexibility index (Phi) is 5.96. The minimum absolute atomic E-state index is 0.120. The molecule has 1 aliphatic heterocycles. The van der Waals surface area contributed by atoms with Crippen LogP contribution in [-0.4, -0.2) is 60.2 Å². The molecule has 32 heavy (non-hydrogen) atoms. The highest BCUT2D eigenvalue weighted by molar-refractivity contribution is 5.97. The van der Waals surface area contributed by atoms with E-state index in [-0.39, 0.29) is 5.91 Å². The first-order chi connectivity index (χ1) is 15.8. The Morgan fingerprint density at radius 1 is 0.938 bits per heavy atom. The molecule has 1 aromatic carbocycles. The molecular weight excluding hydrogens is 408 g/mol. The van der Waals surface area contributed by atoms with Crippen LogP contribution in [0.4, 0.5) is 0 Å². The van der Waals surface area contributed by atoms with Gasteiger partial charge in [-0.2, -0.15) is 0 Å². The van der Waals surface area contributed by atoms with Gasteiger partial charge in [-0.15, -0.1) is 0 Å². The van der Waals surface area contributed by atoms with Gasteiger partial charge in [0, 0.05) is 25.2 Å². The van der Waals surface area contributed by atoms with Crippen LogP contribution in [0, 0.1) is 0 Å². The highest BCUT2D eigenvalue weighted by Gasteiger charge is 2.18. The predicted octanol–water partition coefficient (Wildman–Crippen LogP) is 3.60. The van der Waals surface area contributed by atoms with Gasteiger partial charge in [-0.3, -0.25) is 9.69 Å². The number of morpholine rings is 1. The van der Waals surface area contributed by atoms with Gasteiger partial charge >= 0.3 is 0 Å². The van der Waals surface area contributed by atoms with Crippen LogP contribution in [0.25, 0.3) is 33.9 Å². The second-order valence-corrected chi connectivity index (χ2v) is 7.64. The molecule has 5 rings (SSSR count). The fourth-order valence-corrected chi connectivity index (χ4v) is 3.80. The van der Waals surface area contributed by atoms with Crippen molar-refractivity contribution in [3.63, 3.8) is 0 Å². The lowest BCUT2D eigenvalue weighted by Gasteiger charge is -2.26. The number of nitrogens with zero attached hydrogens (tertiary/aromatic N) is 3. The third-order valence-electron chi connectivity index (χ3n) is 5.48. The quantitative estimate of drug-likeness (QED) is 0.446. The highest BCUT2D eigenvalue weighted by Crippen LogP contribution is 2.31. The smallest absolute Gasteiger partial charge is 0.251 e. The van der Waals surface area contributed by atoms with Gasteiger partial charge in [0.15, 0.2) is 11.5 Å². The molecule has 3 aromatic heterocycles. The van der Waals surface area contributed by atoms with Crippen LogP contribution in [-0.2, 0) is 4.74 Å². The molecule has 8 heteroatoms. The molecule has 0 aliphatic carbocycles. The third kappa shape index (κ3) is 4.42. The first-order valence-electron chi connectivity index (χ1n) is 10.8. The SMILES string of the molecule is O=C(NCCCN1CCOCC1)c1ccc2nc(-c3ccco3)c(-c3ccco3)nc2c1. The molecular formula is C24H24N4O4. The van der Waals surface area contributed by atoms with E-state index in [4.69, 9.17) is 23.5 Å². The van der Waals surface area contributed by atoms with Crippen LogP contribution in [0.15, 0.2) is 63.8 Å². The Morgan fingerprint density at radius 3 is 2.28 bits per heavy atom. The zero-order valence-electron chi connectivity index (χ0n) is 17.6. The van der Waals surface area contributed by atoms with E-state index in [9.17, 15) is 4.79 Å². The molecule has 0 saturated carbocycles. The van der Waals surface area contributed by atoms with Crippen molar-refractivity contribution in [2.75, 3.05) is 39.4 Å². The number of benzene rings is 1. The summed E-state index contributed by atoms with van der Waals surface area (Å²) in [5.74, 6) is 1.07. The number of hydrogen-bond acceptors (Lipinski definition) is 7. The molecule has 4 heterocycles. The second kappa shape index (κ2) is 9.33. The van der Waals surface area contributed by atoms with Crippen molar-refractivity contribution in [3.05, 3.63) is 60.6 Å². The summed E-state index contributed by atoms with van der Waals surface area (Å²) in [4.78, 5) is 24.5. The normalized spacial score (nSPS) is 14.6. The first-order valence-corrected chi connectivity index (χ1v) is 10.8. The van der Waals surface area contributed by atoms with Crippen LogP contribution in [0.5, 0.6) is 0 Å². The van der Waals surface area contributed by atoms with Crippen molar-refractivity contribution in [1.29, 1.82) is 0 Å². The molecule has 1 N–H and O–H groups in total. The van der Waals surface area contributed by atoms with Crippen LogP contribution in [0.3, 0.4) is 0 Å². The van der Waals surface area contributed by atoms with Gasteiger partial charge in [-0.05, 0) is 55.4 Å². The maximum Gasteiger partial charge on any atom is 0.251 e. The van der Waals surface area contributed by atoms with E-state index in [1.54, 1.807) is 36.8 Å². The Labute approximate surface area is 185 Å². The Balaban J connectivity index is 1.34. The van der Waals surface area contributed by atoms with Crippen molar-refractivity contribution < 1.29 is 18.4 Å².